The minimum absolute atomic E-state index is 0.300. The number of anilines is 1. The van der Waals surface area contributed by atoms with Crippen LogP contribution >= 0.6 is 0 Å². The Labute approximate surface area is 90.9 Å². The number of amides is 2. The van der Waals surface area contributed by atoms with Crippen molar-refractivity contribution in [2.45, 2.75) is 12.1 Å². The predicted octanol–water partition coefficient (Wildman–Crippen LogP) is 0.267. The van der Waals surface area contributed by atoms with Crippen LogP contribution < -0.4 is 10.3 Å². The number of carbonyl (C=O) groups excluding carboxylic acids is 2. The number of nitrogens with one attached hydrogen (secondary N) is 1. The van der Waals surface area contributed by atoms with Gasteiger partial charge in [0.05, 0.1) is 5.69 Å². The van der Waals surface area contributed by atoms with Gasteiger partial charge in [0.15, 0.2) is 12.1 Å². The van der Waals surface area contributed by atoms with E-state index in [1.807, 2.05) is 6.07 Å². The molecule has 2 amide bonds. The lowest BCUT2D eigenvalue weighted by Crippen LogP contribution is -2.36. The number of fused-ring (bicyclic) bond motifs is 1. The fraction of sp³-hybridized carbons (Fsp3) is 0.200. The summed E-state index contributed by atoms with van der Waals surface area (Å²) in [6, 6.07) is 7.48. The van der Waals surface area contributed by atoms with Crippen molar-refractivity contribution in [2.75, 3.05) is 4.90 Å². The summed E-state index contributed by atoms with van der Waals surface area (Å²) in [5.74, 6) is -0.624. The topological polar surface area (TPSA) is 74.1 Å². The van der Waals surface area contributed by atoms with Crippen LogP contribution in [0.25, 0.3) is 0 Å². The second-order valence-electron chi connectivity index (χ2n) is 3.61. The van der Waals surface area contributed by atoms with Crippen molar-refractivity contribution in [1.82, 2.24) is 5.43 Å². The number of hydrogen-bond donors (Lipinski definition) is 1. The number of rotatable bonds is 1. The molecular formula is C10H8N4O2. The predicted molar refractivity (Wildman–Crippen MR) is 54.5 cm³/mol. The molecule has 3 rings (SSSR count). The molecule has 0 aromatic heterocycles. The molecule has 1 aromatic carbocycles. The molecule has 80 valence electrons. The average Bonchev–Trinajstić information content (AvgIpc) is 2.86. The maximum absolute atomic E-state index is 11.9. The molecule has 2 aliphatic rings. The van der Waals surface area contributed by atoms with Gasteiger partial charge >= 0.3 is 0 Å². The van der Waals surface area contributed by atoms with Gasteiger partial charge in [-0.25, -0.2) is 4.90 Å². The molecule has 1 aromatic rings. The van der Waals surface area contributed by atoms with Crippen molar-refractivity contribution in [1.29, 1.82) is 0 Å². The first-order valence-electron chi connectivity index (χ1n) is 4.87. The van der Waals surface area contributed by atoms with Gasteiger partial charge in [0.2, 0.25) is 0 Å². The molecule has 1 fully saturated rings. The number of imide groups is 1. The Balaban J connectivity index is 2.01. The van der Waals surface area contributed by atoms with Gasteiger partial charge in [-0.3, -0.25) is 15.0 Å². The van der Waals surface area contributed by atoms with Gasteiger partial charge in [-0.1, -0.05) is 23.4 Å². The largest absolute Gasteiger partial charge is 0.276 e. The minimum atomic E-state index is -0.701. The van der Waals surface area contributed by atoms with Crippen molar-refractivity contribution in [3.63, 3.8) is 0 Å². The van der Waals surface area contributed by atoms with E-state index in [-0.39, 0.29) is 11.8 Å². The van der Waals surface area contributed by atoms with Crippen molar-refractivity contribution in [3.05, 3.63) is 30.3 Å². The summed E-state index contributed by atoms with van der Waals surface area (Å²) < 4.78 is 0. The van der Waals surface area contributed by atoms with Gasteiger partial charge in [0.25, 0.3) is 11.8 Å². The van der Waals surface area contributed by atoms with Crippen LogP contribution in [-0.2, 0) is 9.59 Å². The average molecular weight is 216 g/mol. The zero-order chi connectivity index (χ0) is 11.1. The van der Waals surface area contributed by atoms with E-state index in [0.29, 0.717) is 5.69 Å². The van der Waals surface area contributed by atoms with Crippen molar-refractivity contribution < 1.29 is 9.59 Å². The minimum Gasteiger partial charge on any atom is -0.276 e. The third-order valence-corrected chi connectivity index (χ3v) is 2.67. The fourth-order valence-electron chi connectivity index (χ4n) is 1.89. The number of nitrogens with zero attached hydrogens (tertiary/aromatic N) is 3. The molecule has 6 heteroatoms. The second-order valence-corrected chi connectivity index (χ2v) is 3.61. The van der Waals surface area contributed by atoms with Crippen molar-refractivity contribution in [2.24, 2.45) is 10.3 Å². The normalized spacial score (nSPS) is 27.1. The number of hydrogen-bond acceptors (Lipinski definition) is 5. The SMILES string of the molecule is O=C1C2N=NNC2C(=O)N1c1ccccc1. The number of carbonyl (C=O) groups is 2. The van der Waals surface area contributed by atoms with E-state index in [2.05, 4.69) is 15.8 Å². The summed E-state index contributed by atoms with van der Waals surface area (Å²) in [5, 5.41) is 7.21. The Kier molecular flexibility index (Phi) is 1.76. The van der Waals surface area contributed by atoms with E-state index in [9.17, 15) is 9.59 Å². The first-order chi connectivity index (χ1) is 7.79. The molecule has 0 bridgehead atoms. The quantitative estimate of drug-likeness (QED) is 0.684. The molecule has 0 radical (unpaired) electrons. The second kappa shape index (κ2) is 3.13. The summed E-state index contributed by atoms with van der Waals surface area (Å²) >= 11 is 0. The molecule has 2 atom stereocenters. The van der Waals surface area contributed by atoms with Crippen LogP contribution in [0.1, 0.15) is 0 Å². The van der Waals surface area contributed by atoms with E-state index < -0.39 is 12.1 Å². The van der Waals surface area contributed by atoms with Gasteiger partial charge < -0.3 is 0 Å². The van der Waals surface area contributed by atoms with Crippen molar-refractivity contribution in [3.8, 4) is 0 Å². The van der Waals surface area contributed by atoms with Crippen LogP contribution in [0.15, 0.2) is 40.7 Å². The summed E-state index contributed by atoms with van der Waals surface area (Å²) in [6.45, 7) is 0. The van der Waals surface area contributed by atoms with Gasteiger partial charge in [0, 0.05) is 0 Å². The van der Waals surface area contributed by atoms with Crippen LogP contribution in [-0.4, -0.2) is 23.9 Å². The fourth-order valence-corrected chi connectivity index (χ4v) is 1.89. The van der Waals surface area contributed by atoms with Gasteiger partial charge in [-0.2, -0.15) is 5.11 Å². The van der Waals surface area contributed by atoms with Crippen LogP contribution in [0.3, 0.4) is 0 Å². The highest BCUT2D eigenvalue weighted by atomic mass is 16.2. The molecule has 2 aliphatic heterocycles. The van der Waals surface area contributed by atoms with E-state index in [1.54, 1.807) is 24.3 Å². The van der Waals surface area contributed by atoms with Crippen LogP contribution in [0.4, 0.5) is 5.69 Å². The molecule has 0 aliphatic carbocycles. The highest BCUT2D eigenvalue weighted by molar-refractivity contribution is 6.25. The van der Waals surface area contributed by atoms with Crippen LogP contribution in [0.5, 0.6) is 0 Å². The Morgan fingerprint density at radius 1 is 1.12 bits per heavy atom. The van der Waals surface area contributed by atoms with Crippen LogP contribution in [0.2, 0.25) is 0 Å². The molecule has 1 saturated heterocycles. The first-order valence-corrected chi connectivity index (χ1v) is 4.87. The molecule has 2 unspecified atom stereocenters. The molecule has 2 heterocycles. The Morgan fingerprint density at radius 3 is 2.56 bits per heavy atom. The highest BCUT2D eigenvalue weighted by Crippen LogP contribution is 2.26. The van der Waals surface area contributed by atoms with Gasteiger partial charge in [0.1, 0.15) is 0 Å². The molecule has 0 spiro atoms. The van der Waals surface area contributed by atoms with Crippen molar-refractivity contribution >= 4 is 17.5 Å². The van der Waals surface area contributed by atoms with E-state index >= 15 is 0 Å². The maximum atomic E-state index is 11.9. The smallest absolute Gasteiger partial charge is 0.263 e. The Hall–Kier alpha value is -2.24. The Morgan fingerprint density at radius 2 is 1.88 bits per heavy atom. The van der Waals surface area contributed by atoms with Crippen LogP contribution in [0, 0.1) is 0 Å². The van der Waals surface area contributed by atoms with E-state index in [0.717, 1.165) is 4.90 Å². The number of para-hydroxylation sites is 1. The molecule has 1 N–H and O–H groups in total. The lowest BCUT2D eigenvalue weighted by molar-refractivity contribution is -0.122. The number of benzene rings is 1. The maximum Gasteiger partial charge on any atom is 0.263 e. The lowest BCUT2D eigenvalue weighted by Gasteiger charge is -2.14. The molecule has 16 heavy (non-hydrogen) atoms. The van der Waals surface area contributed by atoms with Gasteiger partial charge in [-0.15, -0.1) is 0 Å². The summed E-state index contributed by atoms with van der Waals surface area (Å²) in [7, 11) is 0. The third-order valence-electron chi connectivity index (χ3n) is 2.67. The third kappa shape index (κ3) is 1.06. The zero-order valence-corrected chi connectivity index (χ0v) is 8.20. The first kappa shape index (κ1) is 9.02. The Bertz CT molecular complexity index is 485. The zero-order valence-electron chi connectivity index (χ0n) is 8.20. The highest BCUT2D eigenvalue weighted by Gasteiger charge is 2.51. The molecular weight excluding hydrogens is 208 g/mol. The van der Waals surface area contributed by atoms with E-state index in [4.69, 9.17) is 0 Å². The van der Waals surface area contributed by atoms with E-state index in [1.165, 1.54) is 0 Å². The van der Waals surface area contributed by atoms with Gasteiger partial charge in [-0.05, 0) is 12.1 Å². The molecule has 0 saturated carbocycles. The molecule has 6 nitrogen and oxygen atoms in total. The lowest BCUT2D eigenvalue weighted by atomic mass is 10.2. The summed E-state index contributed by atoms with van der Waals surface area (Å²) in [5.41, 5.74) is 3.12. The summed E-state index contributed by atoms with van der Waals surface area (Å²) in [4.78, 5) is 25.0. The monoisotopic (exact) mass is 216 g/mol. The summed E-state index contributed by atoms with van der Waals surface area (Å²) in [6.07, 6.45) is 0. The standard InChI is InChI=1S/C10H8N4O2/c15-9-7-8(12-13-11-7)10(16)14(9)6-4-2-1-3-5-6/h1-5,7-8H,(H,11,12).